The Kier molecular flexibility index (Phi) is 3.50. The third-order valence-electron chi connectivity index (χ3n) is 2.85. The fraction of sp³-hybridized carbons (Fsp3) is 1.00. The van der Waals surface area contributed by atoms with Crippen LogP contribution >= 0.6 is 0 Å². The minimum Gasteiger partial charge on any atom is -0.379 e. The maximum atomic E-state index is 9.35. The molecule has 0 aromatic rings. The van der Waals surface area contributed by atoms with E-state index in [2.05, 4.69) is 16.8 Å². The molecule has 0 radical (unpaired) electrons. The standard InChI is InChI=1S/C9H20N2O/c1-8(12)11(3)9-4-6-10(2)7-5-9/h8-9,12H,4-7H2,1-3H3. The van der Waals surface area contributed by atoms with E-state index >= 15 is 0 Å². The van der Waals surface area contributed by atoms with Crippen molar-refractivity contribution >= 4 is 0 Å². The molecule has 0 saturated carbocycles. The second kappa shape index (κ2) is 4.21. The van der Waals surface area contributed by atoms with Crippen molar-refractivity contribution < 1.29 is 5.11 Å². The molecule has 0 spiro atoms. The molecule has 72 valence electrons. The van der Waals surface area contributed by atoms with Crippen LogP contribution in [0.25, 0.3) is 0 Å². The topological polar surface area (TPSA) is 26.7 Å². The average molecular weight is 172 g/mol. The minimum atomic E-state index is -0.307. The van der Waals surface area contributed by atoms with Crippen molar-refractivity contribution in [3.8, 4) is 0 Å². The van der Waals surface area contributed by atoms with Gasteiger partial charge in [-0.15, -0.1) is 0 Å². The number of piperidine rings is 1. The van der Waals surface area contributed by atoms with E-state index in [0.29, 0.717) is 6.04 Å². The summed E-state index contributed by atoms with van der Waals surface area (Å²) >= 11 is 0. The molecule has 3 heteroatoms. The smallest absolute Gasteiger partial charge is 0.104 e. The molecule has 1 saturated heterocycles. The van der Waals surface area contributed by atoms with Crippen LogP contribution in [0.4, 0.5) is 0 Å². The van der Waals surface area contributed by atoms with E-state index in [-0.39, 0.29) is 6.23 Å². The quantitative estimate of drug-likeness (QED) is 0.609. The molecule has 1 heterocycles. The van der Waals surface area contributed by atoms with Crippen molar-refractivity contribution in [3.63, 3.8) is 0 Å². The summed E-state index contributed by atoms with van der Waals surface area (Å²) in [5.41, 5.74) is 0. The van der Waals surface area contributed by atoms with Crippen LogP contribution in [0.2, 0.25) is 0 Å². The maximum Gasteiger partial charge on any atom is 0.104 e. The average Bonchev–Trinajstić information content (AvgIpc) is 2.04. The van der Waals surface area contributed by atoms with Gasteiger partial charge < -0.3 is 10.0 Å². The molecule has 1 aliphatic rings. The lowest BCUT2D eigenvalue weighted by Gasteiger charge is -2.36. The van der Waals surface area contributed by atoms with Crippen LogP contribution in [0.3, 0.4) is 0 Å². The summed E-state index contributed by atoms with van der Waals surface area (Å²) < 4.78 is 0. The van der Waals surface area contributed by atoms with Crippen molar-refractivity contribution in [2.45, 2.75) is 32.0 Å². The third-order valence-corrected chi connectivity index (χ3v) is 2.85. The molecule has 1 fully saturated rings. The molecule has 1 N–H and O–H groups in total. The largest absolute Gasteiger partial charge is 0.379 e. The normalized spacial score (nSPS) is 24.8. The van der Waals surface area contributed by atoms with Gasteiger partial charge in [-0.25, -0.2) is 0 Å². The summed E-state index contributed by atoms with van der Waals surface area (Å²) in [5, 5.41) is 9.35. The molecule has 12 heavy (non-hydrogen) atoms. The number of aliphatic hydroxyl groups excluding tert-OH is 1. The summed E-state index contributed by atoms with van der Waals surface area (Å²) in [6.45, 7) is 4.14. The van der Waals surface area contributed by atoms with Crippen molar-refractivity contribution in [2.75, 3.05) is 27.2 Å². The first kappa shape index (κ1) is 9.96. The van der Waals surface area contributed by atoms with Gasteiger partial charge in [0.2, 0.25) is 0 Å². The molecular formula is C9H20N2O. The summed E-state index contributed by atoms with van der Waals surface area (Å²) in [5.74, 6) is 0. The number of rotatable bonds is 2. The number of aliphatic hydroxyl groups is 1. The molecular weight excluding hydrogens is 152 g/mol. The number of likely N-dealkylation sites (tertiary alicyclic amines) is 1. The third kappa shape index (κ3) is 2.44. The number of nitrogens with zero attached hydrogens (tertiary/aromatic N) is 2. The zero-order valence-corrected chi connectivity index (χ0v) is 8.32. The fourth-order valence-electron chi connectivity index (χ4n) is 1.71. The zero-order valence-electron chi connectivity index (χ0n) is 8.32. The van der Waals surface area contributed by atoms with Gasteiger partial charge in [-0.2, -0.15) is 0 Å². The van der Waals surface area contributed by atoms with Crippen molar-refractivity contribution in [3.05, 3.63) is 0 Å². The van der Waals surface area contributed by atoms with Gasteiger partial charge in [0.25, 0.3) is 0 Å². The lowest BCUT2D eigenvalue weighted by Crippen LogP contribution is -2.45. The summed E-state index contributed by atoms with van der Waals surface area (Å²) in [4.78, 5) is 4.40. The van der Waals surface area contributed by atoms with Crippen LogP contribution in [-0.2, 0) is 0 Å². The Morgan fingerprint density at radius 3 is 2.33 bits per heavy atom. The van der Waals surface area contributed by atoms with Gasteiger partial charge in [0.05, 0.1) is 0 Å². The lowest BCUT2D eigenvalue weighted by atomic mass is 10.0. The molecule has 3 nitrogen and oxygen atoms in total. The van der Waals surface area contributed by atoms with Gasteiger partial charge in [-0.05, 0) is 47.0 Å². The number of hydrogen-bond acceptors (Lipinski definition) is 3. The van der Waals surface area contributed by atoms with Crippen LogP contribution in [0.5, 0.6) is 0 Å². The lowest BCUT2D eigenvalue weighted by molar-refractivity contribution is -0.00857. The fourth-order valence-corrected chi connectivity index (χ4v) is 1.71. The van der Waals surface area contributed by atoms with Crippen LogP contribution in [-0.4, -0.2) is 54.4 Å². The molecule has 1 unspecified atom stereocenters. The Morgan fingerprint density at radius 2 is 1.92 bits per heavy atom. The van der Waals surface area contributed by atoms with E-state index in [1.807, 2.05) is 14.0 Å². The van der Waals surface area contributed by atoms with E-state index in [0.717, 1.165) is 13.1 Å². The summed E-state index contributed by atoms with van der Waals surface area (Å²) in [6, 6.07) is 0.571. The second-order valence-corrected chi connectivity index (χ2v) is 3.83. The highest BCUT2D eigenvalue weighted by Crippen LogP contribution is 2.14. The molecule has 0 amide bonds. The van der Waals surface area contributed by atoms with E-state index in [1.165, 1.54) is 12.8 Å². The Hall–Kier alpha value is -0.120. The molecule has 0 aromatic carbocycles. The van der Waals surface area contributed by atoms with Crippen molar-refractivity contribution in [1.82, 2.24) is 9.80 Å². The molecule has 1 rings (SSSR count). The first-order valence-corrected chi connectivity index (χ1v) is 4.70. The van der Waals surface area contributed by atoms with Crippen molar-refractivity contribution in [1.29, 1.82) is 0 Å². The van der Waals surface area contributed by atoms with Gasteiger partial charge in [-0.3, -0.25) is 4.90 Å². The van der Waals surface area contributed by atoms with Gasteiger partial charge in [0.1, 0.15) is 6.23 Å². The molecule has 1 aliphatic heterocycles. The predicted octanol–water partition coefficient (Wildman–Crippen LogP) is 0.351. The van der Waals surface area contributed by atoms with E-state index < -0.39 is 0 Å². The van der Waals surface area contributed by atoms with Crippen LogP contribution in [0, 0.1) is 0 Å². The van der Waals surface area contributed by atoms with Gasteiger partial charge in [-0.1, -0.05) is 0 Å². The summed E-state index contributed by atoms with van der Waals surface area (Å²) in [7, 11) is 4.15. The highest BCUT2D eigenvalue weighted by molar-refractivity contribution is 4.76. The molecule has 1 atom stereocenters. The van der Waals surface area contributed by atoms with Crippen LogP contribution in [0.15, 0.2) is 0 Å². The van der Waals surface area contributed by atoms with E-state index in [4.69, 9.17) is 0 Å². The molecule has 0 bridgehead atoms. The monoisotopic (exact) mass is 172 g/mol. The Bertz CT molecular complexity index is 130. The van der Waals surface area contributed by atoms with E-state index in [1.54, 1.807) is 0 Å². The molecule has 0 aliphatic carbocycles. The maximum absolute atomic E-state index is 9.35. The SMILES string of the molecule is CC(O)N(C)C1CCN(C)CC1. The first-order valence-electron chi connectivity index (χ1n) is 4.70. The first-order chi connectivity index (χ1) is 5.61. The predicted molar refractivity (Wildman–Crippen MR) is 50.0 cm³/mol. The van der Waals surface area contributed by atoms with Crippen molar-refractivity contribution in [2.24, 2.45) is 0 Å². The van der Waals surface area contributed by atoms with Gasteiger partial charge in [0, 0.05) is 6.04 Å². The Labute approximate surface area is 75.0 Å². The van der Waals surface area contributed by atoms with Crippen LogP contribution in [0.1, 0.15) is 19.8 Å². The molecule has 0 aromatic heterocycles. The van der Waals surface area contributed by atoms with E-state index in [9.17, 15) is 5.11 Å². The highest BCUT2D eigenvalue weighted by atomic mass is 16.3. The second-order valence-electron chi connectivity index (χ2n) is 3.83. The highest BCUT2D eigenvalue weighted by Gasteiger charge is 2.22. The van der Waals surface area contributed by atoms with Gasteiger partial charge in [0.15, 0.2) is 0 Å². The Balaban J connectivity index is 2.34. The Morgan fingerprint density at radius 1 is 1.42 bits per heavy atom. The zero-order chi connectivity index (χ0) is 9.14. The minimum absolute atomic E-state index is 0.307. The summed E-state index contributed by atoms with van der Waals surface area (Å²) in [6.07, 6.45) is 2.05. The number of hydrogen-bond donors (Lipinski definition) is 1. The van der Waals surface area contributed by atoms with Gasteiger partial charge >= 0.3 is 0 Å². The van der Waals surface area contributed by atoms with Crippen LogP contribution < -0.4 is 0 Å².